The van der Waals surface area contributed by atoms with Crippen molar-refractivity contribution in [2.45, 2.75) is 59.9 Å². The molecule has 0 saturated heterocycles. The van der Waals surface area contributed by atoms with Gasteiger partial charge < -0.3 is 14.6 Å². The normalized spacial score (nSPS) is 27.7. The number of benzene rings is 1. The van der Waals surface area contributed by atoms with Gasteiger partial charge in [-0.3, -0.25) is 4.79 Å². The minimum Gasteiger partial charge on any atom is -0.422 e. The number of oxime groups is 1. The molecule has 7 nitrogen and oxygen atoms in total. The number of carbonyl (C=O) groups is 2. The third kappa shape index (κ3) is 3.01. The van der Waals surface area contributed by atoms with E-state index in [1.165, 1.54) is 6.07 Å². The molecule has 2 aliphatic carbocycles. The largest absolute Gasteiger partial charge is 0.422 e. The highest BCUT2D eigenvalue weighted by Gasteiger charge is 2.71. The lowest BCUT2D eigenvalue weighted by molar-refractivity contribution is -0.136. The molecule has 7 heteroatoms. The van der Waals surface area contributed by atoms with Crippen LogP contribution in [0.3, 0.4) is 0 Å². The topological polar surface area (TPSA) is 98.0 Å². The quantitative estimate of drug-likeness (QED) is 0.454. The van der Waals surface area contributed by atoms with Gasteiger partial charge in [0, 0.05) is 23.3 Å². The molecule has 1 heterocycles. The Morgan fingerprint density at radius 1 is 1.16 bits per heavy atom. The van der Waals surface area contributed by atoms with E-state index in [1.54, 1.807) is 24.3 Å². The maximum atomic E-state index is 13.1. The van der Waals surface area contributed by atoms with Crippen molar-refractivity contribution in [3.8, 4) is 0 Å². The third-order valence-corrected chi connectivity index (χ3v) is 7.69. The van der Waals surface area contributed by atoms with Gasteiger partial charge in [0.15, 0.2) is 0 Å². The number of hydrogen-bond donors (Lipinski definition) is 1. The number of amides is 1. The maximum Gasteiger partial charge on any atom is 0.373 e. The second-order valence-electron chi connectivity index (χ2n) is 9.75. The van der Waals surface area contributed by atoms with Crippen LogP contribution in [0.15, 0.2) is 44.7 Å². The lowest BCUT2D eigenvalue weighted by Crippen LogP contribution is -2.48. The van der Waals surface area contributed by atoms with E-state index in [0.29, 0.717) is 23.1 Å². The van der Waals surface area contributed by atoms with Crippen molar-refractivity contribution in [1.29, 1.82) is 0 Å². The second kappa shape index (κ2) is 7.04. The van der Waals surface area contributed by atoms with Crippen molar-refractivity contribution in [3.05, 3.63) is 46.3 Å². The molecular weight excluding hydrogens is 396 g/mol. The van der Waals surface area contributed by atoms with E-state index in [-0.39, 0.29) is 28.3 Å². The van der Waals surface area contributed by atoms with Gasteiger partial charge in [0.2, 0.25) is 5.91 Å². The highest BCUT2D eigenvalue weighted by Crippen LogP contribution is 2.71. The monoisotopic (exact) mass is 424 g/mol. The standard InChI is InChI=1S/C24H28N2O5/c1-14(2)25-21(29)24-11-10-23(5,22(24,3)4)18(13-24)26-31-20(28)16-12-15-8-6-7-9-17(15)30-19(16)27/h6-9,12,14H,10-11,13H2,1-5H3,(H,25,29)/b26-18-. The van der Waals surface area contributed by atoms with E-state index in [0.717, 1.165) is 12.8 Å². The first-order valence-corrected chi connectivity index (χ1v) is 10.6. The summed E-state index contributed by atoms with van der Waals surface area (Å²) in [6, 6.07) is 8.43. The van der Waals surface area contributed by atoms with E-state index < -0.39 is 17.0 Å². The Kier molecular flexibility index (Phi) is 4.83. The fourth-order valence-electron chi connectivity index (χ4n) is 5.27. The molecule has 2 fully saturated rings. The molecule has 1 N–H and O–H groups in total. The summed E-state index contributed by atoms with van der Waals surface area (Å²) in [6.07, 6.45) is 1.96. The van der Waals surface area contributed by atoms with Crippen molar-refractivity contribution in [2.75, 3.05) is 0 Å². The average Bonchev–Trinajstić information content (AvgIpc) is 3.01. The zero-order valence-electron chi connectivity index (χ0n) is 18.6. The number of para-hydroxylation sites is 1. The van der Waals surface area contributed by atoms with E-state index >= 15 is 0 Å². The molecule has 1 aromatic heterocycles. The summed E-state index contributed by atoms with van der Waals surface area (Å²) in [5.74, 6) is -0.847. The van der Waals surface area contributed by atoms with Crippen molar-refractivity contribution in [1.82, 2.24) is 5.32 Å². The molecule has 0 spiro atoms. The van der Waals surface area contributed by atoms with Crippen molar-refractivity contribution in [3.63, 3.8) is 0 Å². The third-order valence-electron chi connectivity index (χ3n) is 7.69. The van der Waals surface area contributed by atoms with Crippen LogP contribution in [0.5, 0.6) is 0 Å². The SMILES string of the molecule is CC(C)NC(=O)C12CCC(C)(/C(=N\OC(=O)c3cc4ccccc4oc3=O)C1)C2(C)C. The lowest BCUT2D eigenvalue weighted by Gasteiger charge is -2.39. The highest BCUT2D eigenvalue weighted by atomic mass is 16.7. The molecule has 0 aliphatic heterocycles. The van der Waals surface area contributed by atoms with Gasteiger partial charge in [-0.15, -0.1) is 0 Å². The summed E-state index contributed by atoms with van der Waals surface area (Å²) in [6.45, 7) is 10.1. The van der Waals surface area contributed by atoms with Gasteiger partial charge in [0.25, 0.3) is 0 Å². The van der Waals surface area contributed by atoms with Gasteiger partial charge >= 0.3 is 11.6 Å². The second-order valence-corrected chi connectivity index (χ2v) is 9.75. The zero-order chi connectivity index (χ0) is 22.6. The summed E-state index contributed by atoms with van der Waals surface area (Å²) in [5, 5.41) is 7.86. The summed E-state index contributed by atoms with van der Waals surface area (Å²) in [7, 11) is 0. The van der Waals surface area contributed by atoms with Crippen LogP contribution in [0.25, 0.3) is 11.0 Å². The Labute approximate surface area is 180 Å². The first-order chi connectivity index (χ1) is 14.5. The van der Waals surface area contributed by atoms with Gasteiger partial charge in [0.1, 0.15) is 11.1 Å². The lowest BCUT2D eigenvalue weighted by atomic mass is 9.64. The zero-order valence-corrected chi connectivity index (χ0v) is 18.6. The van der Waals surface area contributed by atoms with Crippen molar-refractivity contribution >= 4 is 28.6 Å². The first-order valence-electron chi connectivity index (χ1n) is 10.6. The van der Waals surface area contributed by atoms with Crippen molar-refractivity contribution in [2.24, 2.45) is 21.4 Å². The molecular formula is C24H28N2O5. The maximum absolute atomic E-state index is 13.1. The van der Waals surface area contributed by atoms with Crippen LogP contribution in [0.2, 0.25) is 0 Å². The fourth-order valence-corrected chi connectivity index (χ4v) is 5.27. The van der Waals surface area contributed by atoms with Gasteiger partial charge in [-0.25, -0.2) is 9.59 Å². The molecule has 2 atom stereocenters. The molecule has 1 amide bonds. The average molecular weight is 424 g/mol. The van der Waals surface area contributed by atoms with Crippen LogP contribution in [0.4, 0.5) is 0 Å². The van der Waals surface area contributed by atoms with Crippen LogP contribution < -0.4 is 10.9 Å². The van der Waals surface area contributed by atoms with Crippen molar-refractivity contribution < 1.29 is 18.8 Å². The minimum atomic E-state index is -0.864. The predicted molar refractivity (Wildman–Crippen MR) is 117 cm³/mol. The van der Waals surface area contributed by atoms with Crippen LogP contribution >= 0.6 is 0 Å². The predicted octanol–water partition coefficient (Wildman–Crippen LogP) is 4.05. The molecule has 2 unspecified atom stereocenters. The Balaban J connectivity index is 1.63. The van der Waals surface area contributed by atoms with Gasteiger partial charge in [-0.05, 0) is 44.2 Å². The molecule has 2 saturated carbocycles. The molecule has 164 valence electrons. The number of carbonyl (C=O) groups excluding carboxylic acids is 2. The fraction of sp³-hybridized carbons (Fsp3) is 0.500. The van der Waals surface area contributed by atoms with Crippen LogP contribution in [-0.4, -0.2) is 23.6 Å². The van der Waals surface area contributed by atoms with E-state index in [4.69, 9.17) is 9.25 Å². The molecule has 0 radical (unpaired) electrons. The van der Waals surface area contributed by atoms with E-state index in [9.17, 15) is 14.4 Å². The smallest absolute Gasteiger partial charge is 0.373 e. The van der Waals surface area contributed by atoms with Gasteiger partial charge in [-0.1, -0.05) is 44.1 Å². The number of rotatable bonds is 4. The molecule has 2 bridgehead atoms. The van der Waals surface area contributed by atoms with Gasteiger partial charge in [-0.2, -0.15) is 0 Å². The van der Waals surface area contributed by atoms with Crippen LogP contribution in [-0.2, 0) is 9.63 Å². The molecule has 4 rings (SSSR count). The minimum absolute atomic E-state index is 0.0166. The Hall–Kier alpha value is -2.96. The number of hydrogen-bond acceptors (Lipinski definition) is 6. The Morgan fingerprint density at radius 3 is 2.58 bits per heavy atom. The van der Waals surface area contributed by atoms with Crippen LogP contribution in [0, 0.1) is 16.2 Å². The van der Waals surface area contributed by atoms with E-state index in [1.807, 2.05) is 13.8 Å². The summed E-state index contributed by atoms with van der Waals surface area (Å²) in [4.78, 5) is 43.2. The summed E-state index contributed by atoms with van der Waals surface area (Å²) < 4.78 is 5.21. The summed E-state index contributed by atoms with van der Waals surface area (Å²) in [5.41, 5.74) is -1.22. The molecule has 31 heavy (non-hydrogen) atoms. The van der Waals surface area contributed by atoms with Gasteiger partial charge in [0.05, 0.1) is 11.1 Å². The first kappa shape index (κ1) is 21.3. The van der Waals surface area contributed by atoms with Crippen LogP contribution in [0.1, 0.15) is 64.2 Å². The molecule has 2 aliphatic rings. The molecule has 1 aromatic carbocycles. The Bertz CT molecular complexity index is 1160. The molecule has 2 aromatic rings. The van der Waals surface area contributed by atoms with E-state index in [2.05, 4.69) is 31.2 Å². The number of fused-ring (bicyclic) bond motifs is 3. The number of nitrogens with one attached hydrogen (secondary N) is 1. The number of nitrogens with zero attached hydrogens (tertiary/aromatic N) is 1. The Morgan fingerprint density at radius 2 is 1.87 bits per heavy atom. The summed E-state index contributed by atoms with van der Waals surface area (Å²) >= 11 is 0. The highest BCUT2D eigenvalue weighted by molar-refractivity contribution is 6.03.